The van der Waals surface area contributed by atoms with Crippen LogP contribution in [0.15, 0.2) is 89.2 Å². The van der Waals surface area contributed by atoms with Gasteiger partial charge in [0.1, 0.15) is 11.5 Å². The summed E-state index contributed by atoms with van der Waals surface area (Å²) in [6.45, 7) is 4.03. The molecule has 0 saturated carbocycles. The van der Waals surface area contributed by atoms with E-state index in [2.05, 4.69) is 33.4 Å². The Labute approximate surface area is 187 Å². The number of hydrogen-bond donors (Lipinski definition) is 2. The van der Waals surface area contributed by atoms with Crippen molar-refractivity contribution < 1.29 is 9.84 Å². The number of nitrogens with one attached hydrogen (secondary N) is 1. The van der Waals surface area contributed by atoms with Gasteiger partial charge in [0.2, 0.25) is 5.88 Å². The van der Waals surface area contributed by atoms with Gasteiger partial charge in [-0.05, 0) is 55.3 Å². The molecule has 32 heavy (non-hydrogen) atoms. The molecule has 0 amide bonds. The predicted molar refractivity (Wildman–Crippen MR) is 128 cm³/mol. The first-order valence-electron chi connectivity index (χ1n) is 10.5. The highest BCUT2D eigenvalue weighted by Gasteiger charge is 2.18. The number of aliphatic hydroxyl groups is 1. The van der Waals surface area contributed by atoms with E-state index in [4.69, 9.17) is 4.74 Å². The zero-order valence-corrected chi connectivity index (χ0v) is 18.1. The van der Waals surface area contributed by atoms with Crippen molar-refractivity contribution in [2.75, 3.05) is 5.32 Å². The summed E-state index contributed by atoms with van der Waals surface area (Å²) in [6, 6.07) is 13.0. The van der Waals surface area contributed by atoms with Crippen LogP contribution in [0.5, 0.6) is 11.5 Å². The highest BCUT2D eigenvalue weighted by atomic mass is 16.5. The van der Waals surface area contributed by atoms with Crippen LogP contribution in [0.1, 0.15) is 26.7 Å². The Bertz CT molecular complexity index is 1190. The second-order valence-electron chi connectivity index (χ2n) is 7.12. The summed E-state index contributed by atoms with van der Waals surface area (Å²) < 4.78 is 7.26. The molecule has 2 N–H and O–H groups in total. The zero-order chi connectivity index (χ0) is 22.3. The molecule has 7 heteroatoms. The van der Waals surface area contributed by atoms with Crippen molar-refractivity contribution in [2.24, 2.45) is 4.99 Å². The molecule has 1 aliphatic heterocycles. The molecule has 0 radical (unpaired) electrons. The summed E-state index contributed by atoms with van der Waals surface area (Å²) in [7, 11) is 0. The molecule has 0 unspecified atom stereocenters. The summed E-state index contributed by atoms with van der Waals surface area (Å²) in [5.41, 5.74) is 2.61. The van der Waals surface area contributed by atoms with Gasteiger partial charge >= 0.3 is 0 Å². The molecule has 1 aromatic carbocycles. The lowest BCUT2D eigenvalue weighted by molar-refractivity contribution is 0.455. The monoisotopic (exact) mass is 427 g/mol. The molecule has 0 fully saturated rings. The van der Waals surface area contributed by atoms with Crippen LogP contribution in [0.4, 0.5) is 17.3 Å². The predicted octanol–water partition coefficient (Wildman–Crippen LogP) is 6.56. The van der Waals surface area contributed by atoms with E-state index in [9.17, 15) is 5.11 Å². The first kappa shape index (κ1) is 21.1. The molecule has 2 aromatic heterocycles. The van der Waals surface area contributed by atoms with E-state index in [1.165, 1.54) is 4.68 Å². The Morgan fingerprint density at radius 1 is 1.16 bits per heavy atom. The fourth-order valence-corrected chi connectivity index (χ4v) is 3.36. The Kier molecular flexibility index (Phi) is 6.46. The number of anilines is 2. The lowest BCUT2D eigenvalue weighted by atomic mass is 10.0. The molecule has 3 aromatic rings. The van der Waals surface area contributed by atoms with Gasteiger partial charge in [-0.3, -0.25) is 4.98 Å². The number of benzene rings is 1. The van der Waals surface area contributed by atoms with Crippen LogP contribution in [0.3, 0.4) is 0 Å². The molecule has 7 nitrogen and oxygen atoms in total. The number of pyridine rings is 1. The average Bonchev–Trinajstić information content (AvgIpc) is 3.14. The Morgan fingerprint density at radius 3 is 2.62 bits per heavy atom. The van der Waals surface area contributed by atoms with Crippen LogP contribution in [0, 0.1) is 0 Å². The minimum absolute atomic E-state index is 0.0875. The highest BCUT2D eigenvalue weighted by Crippen LogP contribution is 2.31. The molecule has 0 spiro atoms. The Balaban J connectivity index is 1.55. The number of aliphatic imine (C=N–C) groups is 1. The molecule has 0 saturated heterocycles. The van der Waals surface area contributed by atoms with E-state index in [1.807, 2.05) is 43.3 Å². The largest absolute Gasteiger partial charge is 0.493 e. The van der Waals surface area contributed by atoms with E-state index >= 15 is 0 Å². The maximum atomic E-state index is 11.0. The zero-order valence-electron chi connectivity index (χ0n) is 18.1. The standard InChI is InChI=1S/C25H25N5O2/c1-3-5-18(6-4-2)22-13-16-27-24-17-23(29-30(24)25(22)31)28-19-7-9-20(10-8-19)32-21-11-14-26-15-12-21/h3,5-12,14-17,31H,4,13H2,1-2H3,(H,28,29)/b5-3-,18-6+. The minimum atomic E-state index is 0.0875. The van der Waals surface area contributed by atoms with Gasteiger partial charge in [0.15, 0.2) is 11.6 Å². The van der Waals surface area contributed by atoms with E-state index in [1.54, 1.807) is 36.8 Å². The summed E-state index contributed by atoms with van der Waals surface area (Å²) >= 11 is 0. The van der Waals surface area contributed by atoms with Crippen LogP contribution in [-0.4, -0.2) is 26.1 Å². The van der Waals surface area contributed by atoms with Gasteiger partial charge in [0, 0.05) is 42.4 Å². The molecule has 1 aliphatic rings. The highest BCUT2D eigenvalue weighted by molar-refractivity contribution is 5.76. The summed E-state index contributed by atoms with van der Waals surface area (Å²) in [6.07, 6.45) is 12.6. The lowest BCUT2D eigenvalue weighted by Gasteiger charge is -2.10. The molecular weight excluding hydrogens is 402 g/mol. The van der Waals surface area contributed by atoms with Crippen LogP contribution in [0.2, 0.25) is 0 Å². The number of aliphatic hydroxyl groups excluding tert-OH is 1. The second kappa shape index (κ2) is 9.78. The van der Waals surface area contributed by atoms with Gasteiger partial charge in [-0.1, -0.05) is 25.2 Å². The van der Waals surface area contributed by atoms with Crippen LogP contribution in [0.25, 0.3) is 5.88 Å². The second-order valence-corrected chi connectivity index (χ2v) is 7.12. The van der Waals surface area contributed by atoms with Crippen LogP contribution < -0.4 is 10.1 Å². The molecule has 162 valence electrons. The number of hydrogen-bond acceptors (Lipinski definition) is 6. The maximum absolute atomic E-state index is 11.0. The van der Waals surface area contributed by atoms with Gasteiger partial charge in [-0.15, -0.1) is 5.10 Å². The van der Waals surface area contributed by atoms with Crippen LogP contribution in [-0.2, 0) is 0 Å². The lowest BCUT2D eigenvalue weighted by Crippen LogP contribution is -2.03. The minimum Gasteiger partial charge on any atom is -0.493 e. The average molecular weight is 428 g/mol. The normalized spacial score (nSPS) is 13.9. The number of allylic oxidation sites excluding steroid dienone is 5. The topological polar surface area (TPSA) is 84.6 Å². The van der Waals surface area contributed by atoms with Gasteiger partial charge in [0.25, 0.3) is 0 Å². The SMILES string of the molecule is C/C=C\C(=C/CC)C1=C(O)n2nc(Nc3ccc(Oc4ccncc4)cc3)cc2N=CC1. The number of fused-ring (bicyclic) bond motifs is 1. The van der Waals surface area contributed by atoms with Crippen molar-refractivity contribution in [2.45, 2.75) is 26.7 Å². The fourth-order valence-electron chi connectivity index (χ4n) is 3.36. The Morgan fingerprint density at radius 2 is 1.91 bits per heavy atom. The van der Waals surface area contributed by atoms with Crippen LogP contribution >= 0.6 is 0 Å². The van der Waals surface area contributed by atoms with Crippen molar-refractivity contribution in [3.05, 3.63) is 84.2 Å². The molecule has 3 heterocycles. The third-order valence-electron chi connectivity index (χ3n) is 4.81. The summed E-state index contributed by atoms with van der Waals surface area (Å²) in [4.78, 5) is 8.45. The molecule has 0 aliphatic carbocycles. The fraction of sp³-hybridized carbons (Fsp3) is 0.160. The molecule has 0 atom stereocenters. The van der Waals surface area contributed by atoms with E-state index in [0.717, 1.165) is 34.8 Å². The van der Waals surface area contributed by atoms with E-state index in [0.29, 0.717) is 18.1 Å². The quantitative estimate of drug-likeness (QED) is 0.417. The van der Waals surface area contributed by atoms with Crippen molar-refractivity contribution in [1.82, 2.24) is 14.8 Å². The number of nitrogens with zero attached hydrogens (tertiary/aromatic N) is 4. The van der Waals surface area contributed by atoms with Crippen molar-refractivity contribution in [3.63, 3.8) is 0 Å². The summed E-state index contributed by atoms with van der Waals surface area (Å²) in [5.74, 6) is 2.68. The van der Waals surface area contributed by atoms with E-state index < -0.39 is 0 Å². The third kappa shape index (κ3) is 4.78. The number of rotatable bonds is 7. The molecule has 0 bridgehead atoms. The first-order chi connectivity index (χ1) is 15.7. The number of ether oxygens (including phenoxy) is 1. The Hall–Kier alpha value is -4.13. The third-order valence-corrected chi connectivity index (χ3v) is 4.81. The van der Waals surface area contributed by atoms with Gasteiger partial charge in [-0.2, -0.15) is 4.68 Å². The van der Waals surface area contributed by atoms with Crippen molar-refractivity contribution in [3.8, 4) is 11.5 Å². The smallest absolute Gasteiger partial charge is 0.218 e. The number of aromatic nitrogens is 3. The first-order valence-corrected chi connectivity index (χ1v) is 10.5. The molecular formula is C25H25N5O2. The van der Waals surface area contributed by atoms with Gasteiger partial charge in [-0.25, -0.2) is 4.99 Å². The molecule has 4 rings (SSSR count). The van der Waals surface area contributed by atoms with E-state index in [-0.39, 0.29) is 5.88 Å². The van der Waals surface area contributed by atoms with Gasteiger partial charge in [0.05, 0.1) is 0 Å². The van der Waals surface area contributed by atoms with Crippen molar-refractivity contribution in [1.29, 1.82) is 0 Å². The summed E-state index contributed by atoms with van der Waals surface area (Å²) in [5, 5.41) is 18.7. The van der Waals surface area contributed by atoms with Crippen molar-refractivity contribution >= 4 is 29.4 Å². The van der Waals surface area contributed by atoms with Gasteiger partial charge < -0.3 is 15.2 Å². The maximum Gasteiger partial charge on any atom is 0.218 e.